The van der Waals surface area contributed by atoms with Crippen molar-refractivity contribution in [2.45, 2.75) is 13.3 Å². The van der Waals surface area contributed by atoms with Gasteiger partial charge in [0.05, 0.1) is 12.2 Å². The van der Waals surface area contributed by atoms with Crippen LogP contribution < -0.4 is 4.74 Å². The predicted molar refractivity (Wildman–Crippen MR) is 53.3 cm³/mol. The fraction of sp³-hybridized carbons (Fsp3) is 0.273. The molecule has 0 N–H and O–H groups in total. The molecule has 0 aliphatic heterocycles. The van der Waals surface area contributed by atoms with Crippen molar-refractivity contribution >= 4 is 12.6 Å². The Labute approximate surface area is 91.0 Å². The van der Waals surface area contributed by atoms with Crippen molar-refractivity contribution in [3.8, 4) is 5.75 Å². The van der Waals surface area contributed by atoms with Gasteiger partial charge in [-0.15, -0.1) is 0 Å². The lowest BCUT2D eigenvalue weighted by Crippen LogP contribution is -2.01. The maximum atomic E-state index is 12.5. The lowest BCUT2D eigenvalue weighted by molar-refractivity contribution is 0.109. The van der Waals surface area contributed by atoms with Gasteiger partial charge in [-0.2, -0.15) is 0 Å². The lowest BCUT2D eigenvalue weighted by atomic mass is 10.0. The van der Waals surface area contributed by atoms with Crippen molar-refractivity contribution in [2.75, 3.05) is 6.61 Å². The number of hydrogen-bond acceptors (Lipinski definition) is 3. The number of halogens is 2. The molecule has 1 rings (SSSR count). The van der Waals surface area contributed by atoms with Crippen LogP contribution in [0, 0.1) is 0 Å². The summed E-state index contributed by atoms with van der Waals surface area (Å²) in [5.41, 5.74) is -0.604. The highest BCUT2D eigenvalue weighted by atomic mass is 19.3. The molecule has 1 aromatic rings. The number of aldehydes is 2. The van der Waals surface area contributed by atoms with Gasteiger partial charge in [-0.3, -0.25) is 9.59 Å². The van der Waals surface area contributed by atoms with Crippen LogP contribution in [-0.2, 0) is 0 Å². The fourth-order valence-corrected chi connectivity index (χ4v) is 1.29. The van der Waals surface area contributed by atoms with Crippen LogP contribution in [0.25, 0.3) is 0 Å². The summed E-state index contributed by atoms with van der Waals surface area (Å²) >= 11 is 0. The molecule has 0 saturated carbocycles. The van der Waals surface area contributed by atoms with Crippen LogP contribution in [-0.4, -0.2) is 19.2 Å². The zero-order chi connectivity index (χ0) is 12.1. The summed E-state index contributed by atoms with van der Waals surface area (Å²) in [6.45, 7) is 1.98. The highest BCUT2D eigenvalue weighted by molar-refractivity contribution is 5.85. The minimum absolute atomic E-state index is 0.0164. The van der Waals surface area contributed by atoms with E-state index in [2.05, 4.69) is 0 Å². The molecular formula is C11H10F2O3. The minimum atomic E-state index is -2.80. The standard InChI is InChI=1S/C11H10F2O3/c1-2-16-10-4-7(5-14)9(11(12)13)3-8(10)6-15/h3-6,11H,2H2,1H3. The largest absolute Gasteiger partial charge is 0.493 e. The van der Waals surface area contributed by atoms with Crippen molar-refractivity contribution in [2.24, 2.45) is 0 Å². The maximum absolute atomic E-state index is 12.5. The molecule has 0 amide bonds. The third-order valence-electron chi connectivity index (χ3n) is 2.00. The Morgan fingerprint density at radius 2 is 1.88 bits per heavy atom. The van der Waals surface area contributed by atoms with E-state index in [4.69, 9.17) is 4.74 Å². The van der Waals surface area contributed by atoms with E-state index < -0.39 is 12.0 Å². The topological polar surface area (TPSA) is 43.4 Å². The second-order valence-electron chi connectivity index (χ2n) is 2.99. The van der Waals surface area contributed by atoms with Gasteiger partial charge in [0.1, 0.15) is 5.75 Å². The van der Waals surface area contributed by atoms with Gasteiger partial charge >= 0.3 is 0 Å². The summed E-state index contributed by atoms with van der Waals surface area (Å²) in [5.74, 6) is 0.143. The van der Waals surface area contributed by atoms with Gasteiger partial charge in [-0.05, 0) is 19.1 Å². The van der Waals surface area contributed by atoms with E-state index in [-0.39, 0.29) is 23.5 Å². The Morgan fingerprint density at radius 1 is 1.25 bits per heavy atom. The first-order chi connectivity index (χ1) is 7.63. The van der Waals surface area contributed by atoms with Gasteiger partial charge < -0.3 is 4.74 Å². The molecule has 0 saturated heterocycles. The molecule has 0 fully saturated rings. The molecular weight excluding hydrogens is 218 g/mol. The number of alkyl halides is 2. The van der Waals surface area contributed by atoms with E-state index >= 15 is 0 Å². The summed E-state index contributed by atoms with van der Waals surface area (Å²) in [7, 11) is 0. The summed E-state index contributed by atoms with van der Waals surface area (Å²) in [4.78, 5) is 21.3. The van der Waals surface area contributed by atoms with E-state index in [1.807, 2.05) is 0 Å². The highest BCUT2D eigenvalue weighted by Gasteiger charge is 2.16. The molecule has 5 heteroatoms. The number of rotatable bonds is 5. The average Bonchev–Trinajstić information content (AvgIpc) is 2.28. The van der Waals surface area contributed by atoms with Crippen LogP contribution in [0.2, 0.25) is 0 Å². The van der Waals surface area contributed by atoms with E-state index in [0.717, 1.165) is 12.1 Å². The monoisotopic (exact) mass is 228 g/mol. The second kappa shape index (κ2) is 5.34. The molecule has 86 valence electrons. The molecule has 0 bridgehead atoms. The van der Waals surface area contributed by atoms with Gasteiger partial charge in [0.25, 0.3) is 6.43 Å². The van der Waals surface area contributed by atoms with Crippen LogP contribution in [0.3, 0.4) is 0 Å². The van der Waals surface area contributed by atoms with E-state index in [1.54, 1.807) is 6.92 Å². The molecule has 0 radical (unpaired) electrons. The number of hydrogen-bond donors (Lipinski definition) is 0. The zero-order valence-electron chi connectivity index (χ0n) is 8.57. The van der Waals surface area contributed by atoms with Crippen molar-refractivity contribution < 1.29 is 23.1 Å². The van der Waals surface area contributed by atoms with Gasteiger partial charge in [0.2, 0.25) is 0 Å². The normalized spacial score (nSPS) is 10.2. The van der Waals surface area contributed by atoms with Crippen molar-refractivity contribution in [1.82, 2.24) is 0 Å². The first kappa shape index (κ1) is 12.3. The van der Waals surface area contributed by atoms with Crippen molar-refractivity contribution in [1.29, 1.82) is 0 Å². The first-order valence-corrected chi connectivity index (χ1v) is 4.63. The Bertz CT molecular complexity index is 402. The molecule has 0 heterocycles. The predicted octanol–water partition coefficient (Wildman–Crippen LogP) is 2.65. The molecule has 0 aliphatic carbocycles. The minimum Gasteiger partial charge on any atom is -0.493 e. The Kier molecular flexibility index (Phi) is 4.10. The molecule has 3 nitrogen and oxygen atoms in total. The number of carbonyl (C=O) groups is 2. The third-order valence-corrected chi connectivity index (χ3v) is 2.00. The summed E-state index contributed by atoms with van der Waals surface area (Å²) in [6.07, 6.45) is -2.06. The Morgan fingerprint density at radius 3 is 2.31 bits per heavy atom. The Hall–Kier alpha value is -1.78. The van der Waals surface area contributed by atoms with Crippen LogP contribution in [0.15, 0.2) is 12.1 Å². The highest BCUT2D eigenvalue weighted by Crippen LogP contribution is 2.28. The van der Waals surface area contributed by atoms with Crippen LogP contribution in [0.1, 0.15) is 39.6 Å². The fourth-order valence-electron chi connectivity index (χ4n) is 1.29. The zero-order valence-corrected chi connectivity index (χ0v) is 8.57. The molecule has 0 unspecified atom stereocenters. The Balaban J connectivity index is 3.33. The summed E-state index contributed by atoms with van der Waals surface area (Å²) in [6, 6.07) is 2.13. The maximum Gasteiger partial charge on any atom is 0.264 e. The second-order valence-corrected chi connectivity index (χ2v) is 2.99. The van der Waals surface area contributed by atoms with Crippen molar-refractivity contribution in [3.05, 3.63) is 28.8 Å². The SMILES string of the molecule is CCOc1cc(C=O)c(C(F)F)cc1C=O. The molecule has 0 atom stereocenters. The van der Waals surface area contributed by atoms with Crippen molar-refractivity contribution in [3.63, 3.8) is 0 Å². The van der Waals surface area contributed by atoms with Crippen LogP contribution >= 0.6 is 0 Å². The average molecular weight is 228 g/mol. The quantitative estimate of drug-likeness (QED) is 0.727. The number of ether oxygens (including phenoxy) is 1. The van der Waals surface area contributed by atoms with Gasteiger partial charge in [0, 0.05) is 11.1 Å². The van der Waals surface area contributed by atoms with Crippen LogP contribution in [0.5, 0.6) is 5.75 Å². The molecule has 16 heavy (non-hydrogen) atoms. The smallest absolute Gasteiger partial charge is 0.264 e. The van der Waals surface area contributed by atoms with E-state index in [1.165, 1.54) is 0 Å². The summed E-state index contributed by atoms with van der Waals surface area (Å²) < 4.78 is 30.1. The molecule has 1 aromatic carbocycles. The van der Waals surface area contributed by atoms with Gasteiger partial charge in [-0.25, -0.2) is 8.78 Å². The van der Waals surface area contributed by atoms with Gasteiger partial charge in [0.15, 0.2) is 12.6 Å². The van der Waals surface area contributed by atoms with Crippen LogP contribution in [0.4, 0.5) is 8.78 Å². The molecule has 0 aromatic heterocycles. The molecule has 0 aliphatic rings. The third kappa shape index (κ3) is 2.42. The first-order valence-electron chi connectivity index (χ1n) is 4.63. The van der Waals surface area contributed by atoms with E-state index in [9.17, 15) is 18.4 Å². The van der Waals surface area contributed by atoms with Gasteiger partial charge in [-0.1, -0.05) is 0 Å². The lowest BCUT2D eigenvalue weighted by Gasteiger charge is -2.10. The molecule has 0 spiro atoms. The summed E-state index contributed by atoms with van der Waals surface area (Å²) in [5, 5.41) is 0. The van der Waals surface area contributed by atoms with E-state index in [0.29, 0.717) is 12.6 Å². The number of benzene rings is 1. The number of carbonyl (C=O) groups excluding carboxylic acids is 2.